The van der Waals surface area contributed by atoms with Crippen LogP contribution in [0.4, 0.5) is 0 Å². The first-order valence-electron chi connectivity index (χ1n) is 6.76. The van der Waals surface area contributed by atoms with Crippen molar-refractivity contribution >= 4 is 37.6 Å². The molecule has 0 unspecified atom stereocenters. The number of halogens is 2. The van der Waals surface area contributed by atoms with Gasteiger partial charge in [0.05, 0.1) is 0 Å². The molecule has 0 radical (unpaired) electrons. The second-order valence-electron chi connectivity index (χ2n) is 5.08. The van der Waals surface area contributed by atoms with Crippen LogP contribution in [-0.2, 0) is 10.0 Å². The lowest BCUT2D eigenvalue weighted by Crippen LogP contribution is -2.38. The Bertz CT molecular complexity index is 572. The molecule has 0 N–H and O–H groups in total. The topological polar surface area (TPSA) is 50.3 Å². The molecule has 1 saturated heterocycles. The van der Waals surface area contributed by atoms with Crippen LogP contribution in [0.3, 0.4) is 0 Å². The van der Waals surface area contributed by atoms with Gasteiger partial charge in [0, 0.05) is 23.8 Å². The molecular formula is C13H18BrClN2O2S. The minimum Gasteiger partial charge on any atom is -0.242 e. The van der Waals surface area contributed by atoms with Gasteiger partial charge in [-0.15, -0.1) is 0 Å². The fourth-order valence-electron chi connectivity index (χ4n) is 2.57. The van der Waals surface area contributed by atoms with Gasteiger partial charge in [0.2, 0.25) is 10.0 Å². The number of sulfonamides is 1. The van der Waals surface area contributed by atoms with Crippen molar-refractivity contribution in [3.63, 3.8) is 0 Å². The maximum atomic E-state index is 12.6. The van der Waals surface area contributed by atoms with E-state index in [2.05, 4.69) is 27.8 Å². The summed E-state index contributed by atoms with van der Waals surface area (Å²) in [5, 5.41) is 0.0314. The molecule has 0 atom stereocenters. The van der Waals surface area contributed by atoms with Crippen molar-refractivity contribution in [2.24, 2.45) is 5.92 Å². The highest BCUT2D eigenvalue weighted by atomic mass is 79.9. The Morgan fingerprint density at radius 1 is 1.45 bits per heavy atom. The average molecular weight is 382 g/mol. The highest BCUT2D eigenvalue weighted by Gasteiger charge is 2.31. The summed E-state index contributed by atoms with van der Waals surface area (Å²) in [5.74, 6) is 0.641. The molecule has 20 heavy (non-hydrogen) atoms. The molecule has 1 aromatic heterocycles. The summed E-state index contributed by atoms with van der Waals surface area (Å²) < 4.78 is 27.3. The van der Waals surface area contributed by atoms with Crippen molar-refractivity contribution in [2.75, 3.05) is 13.1 Å². The first kappa shape index (κ1) is 16.2. The van der Waals surface area contributed by atoms with Crippen LogP contribution < -0.4 is 0 Å². The molecule has 1 aliphatic heterocycles. The van der Waals surface area contributed by atoms with Gasteiger partial charge in [-0.3, -0.25) is 0 Å². The SMILES string of the molecule is CCCC1CCN(S(=O)(=O)c2cc(Br)cnc2Cl)CC1. The van der Waals surface area contributed by atoms with E-state index in [1.807, 2.05) is 0 Å². The Morgan fingerprint density at radius 2 is 2.10 bits per heavy atom. The van der Waals surface area contributed by atoms with Crippen LogP contribution in [0.15, 0.2) is 21.6 Å². The first-order valence-corrected chi connectivity index (χ1v) is 9.37. The van der Waals surface area contributed by atoms with Crippen LogP contribution in [0.1, 0.15) is 32.6 Å². The van der Waals surface area contributed by atoms with E-state index in [9.17, 15) is 8.42 Å². The number of aromatic nitrogens is 1. The predicted molar refractivity (Wildman–Crippen MR) is 83.3 cm³/mol. The number of rotatable bonds is 4. The number of piperidine rings is 1. The Kier molecular flexibility index (Phi) is 5.45. The van der Waals surface area contributed by atoms with Gasteiger partial charge < -0.3 is 0 Å². The van der Waals surface area contributed by atoms with Crippen molar-refractivity contribution in [1.82, 2.24) is 9.29 Å². The van der Waals surface area contributed by atoms with Crippen LogP contribution in [0.25, 0.3) is 0 Å². The minimum absolute atomic E-state index is 0.0314. The zero-order chi connectivity index (χ0) is 14.8. The third-order valence-electron chi connectivity index (χ3n) is 3.66. The molecule has 7 heteroatoms. The average Bonchev–Trinajstić information content (AvgIpc) is 2.42. The maximum absolute atomic E-state index is 12.6. The summed E-state index contributed by atoms with van der Waals surface area (Å²) in [6, 6.07) is 1.52. The molecule has 0 amide bonds. The molecule has 0 aliphatic carbocycles. The van der Waals surface area contributed by atoms with E-state index in [0.717, 1.165) is 19.3 Å². The molecular weight excluding hydrogens is 364 g/mol. The molecule has 0 saturated carbocycles. The number of hydrogen-bond donors (Lipinski definition) is 0. The molecule has 1 aromatic rings. The number of nitrogens with zero attached hydrogens (tertiary/aromatic N) is 2. The lowest BCUT2D eigenvalue weighted by atomic mass is 9.94. The van der Waals surface area contributed by atoms with E-state index in [1.165, 1.54) is 23.0 Å². The van der Waals surface area contributed by atoms with Crippen molar-refractivity contribution < 1.29 is 8.42 Å². The standard InChI is InChI=1S/C13H18BrClN2O2S/c1-2-3-10-4-6-17(7-5-10)20(18,19)12-8-11(14)9-16-13(12)15/h8-10H,2-7H2,1H3. The van der Waals surface area contributed by atoms with Gasteiger partial charge >= 0.3 is 0 Å². The first-order chi connectivity index (χ1) is 9.45. The van der Waals surface area contributed by atoms with E-state index < -0.39 is 10.0 Å². The van der Waals surface area contributed by atoms with Gasteiger partial charge in [-0.2, -0.15) is 4.31 Å². The Morgan fingerprint density at radius 3 is 2.70 bits per heavy atom. The Hall–Kier alpha value is -0.170. The van der Waals surface area contributed by atoms with Gasteiger partial charge in [0.1, 0.15) is 10.0 Å². The van der Waals surface area contributed by atoms with Gasteiger partial charge in [-0.1, -0.05) is 31.4 Å². The lowest BCUT2D eigenvalue weighted by molar-refractivity contribution is 0.262. The van der Waals surface area contributed by atoms with Crippen LogP contribution >= 0.6 is 27.5 Å². The van der Waals surface area contributed by atoms with E-state index in [1.54, 1.807) is 0 Å². The minimum atomic E-state index is -3.54. The second-order valence-corrected chi connectivity index (χ2v) is 8.26. The zero-order valence-corrected chi connectivity index (χ0v) is 14.5. The normalized spacial score (nSPS) is 18.4. The Labute approximate surface area is 133 Å². The van der Waals surface area contributed by atoms with Gasteiger partial charge in [0.15, 0.2) is 0 Å². The predicted octanol–water partition coefficient (Wildman–Crippen LogP) is 3.70. The van der Waals surface area contributed by atoms with E-state index in [0.29, 0.717) is 23.5 Å². The molecule has 4 nitrogen and oxygen atoms in total. The molecule has 0 bridgehead atoms. The van der Waals surface area contributed by atoms with Crippen LogP contribution in [-0.4, -0.2) is 30.8 Å². The number of hydrogen-bond acceptors (Lipinski definition) is 3. The van der Waals surface area contributed by atoms with Gasteiger partial charge in [-0.25, -0.2) is 13.4 Å². The second kappa shape index (κ2) is 6.73. The molecule has 0 spiro atoms. The van der Waals surface area contributed by atoms with Gasteiger partial charge in [0.25, 0.3) is 0 Å². The van der Waals surface area contributed by atoms with E-state index in [-0.39, 0.29) is 10.0 Å². The molecule has 2 rings (SSSR count). The van der Waals surface area contributed by atoms with Crippen LogP contribution in [0.2, 0.25) is 5.15 Å². The van der Waals surface area contributed by atoms with E-state index >= 15 is 0 Å². The lowest BCUT2D eigenvalue weighted by Gasteiger charge is -2.31. The quantitative estimate of drug-likeness (QED) is 0.747. The summed E-state index contributed by atoms with van der Waals surface area (Å²) in [7, 11) is -3.54. The largest absolute Gasteiger partial charge is 0.246 e. The maximum Gasteiger partial charge on any atom is 0.246 e. The highest BCUT2D eigenvalue weighted by molar-refractivity contribution is 9.10. The molecule has 1 fully saturated rings. The van der Waals surface area contributed by atoms with Crippen molar-refractivity contribution in [1.29, 1.82) is 0 Å². The molecule has 2 heterocycles. The number of pyridine rings is 1. The fraction of sp³-hybridized carbons (Fsp3) is 0.615. The summed E-state index contributed by atoms with van der Waals surface area (Å²) in [6.07, 6.45) is 5.67. The summed E-state index contributed by atoms with van der Waals surface area (Å²) >= 11 is 9.18. The Balaban J connectivity index is 2.18. The summed E-state index contributed by atoms with van der Waals surface area (Å²) in [4.78, 5) is 3.98. The highest BCUT2D eigenvalue weighted by Crippen LogP contribution is 2.30. The van der Waals surface area contributed by atoms with Crippen molar-refractivity contribution in [3.8, 4) is 0 Å². The third kappa shape index (κ3) is 3.53. The zero-order valence-electron chi connectivity index (χ0n) is 11.3. The van der Waals surface area contributed by atoms with Crippen molar-refractivity contribution in [2.45, 2.75) is 37.5 Å². The summed E-state index contributed by atoms with van der Waals surface area (Å²) in [5.41, 5.74) is 0. The molecule has 1 aliphatic rings. The monoisotopic (exact) mass is 380 g/mol. The molecule has 0 aromatic carbocycles. The molecule has 112 valence electrons. The van der Waals surface area contributed by atoms with Crippen molar-refractivity contribution in [3.05, 3.63) is 21.9 Å². The van der Waals surface area contributed by atoms with E-state index in [4.69, 9.17) is 11.6 Å². The third-order valence-corrected chi connectivity index (χ3v) is 6.42. The van der Waals surface area contributed by atoms with Gasteiger partial charge in [-0.05, 0) is 40.8 Å². The van der Waals surface area contributed by atoms with Crippen LogP contribution in [0, 0.1) is 5.92 Å². The smallest absolute Gasteiger partial charge is 0.242 e. The van der Waals surface area contributed by atoms with Crippen LogP contribution in [0.5, 0.6) is 0 Å². The summed E-state index contributed by atoms with van der Waals surface area (Å²) in [6.45, 7) is 3.29. The fourth-order valence-corrected chi connectivity index (χ4v) is 4.96.